The van der Waals surface area contributed by atoms with Crippen molar-refractivity contribution >= 4 is 19.4 Å². The summed E-state index contributed by atoms with van der Waals surface area (Å²) in [4.78, 5) is 0. The molecular formula is C15H20OSe. The fourth-order valence-corrected chi connectivity index (χ4v) is 4.45. The van der Waals surface area contributed by atoms with Gasteiger partial charge in [-0.25, -0.2) is 0 Å². The molecule has 0 amide bonds. The van der Waals surface area contributed by atoms with E-state index in [1.165, 1.54) is 8.93 Å². The second-order valence-electron chi connectivity index (χ2n) is 5.20. The Hall–Kier alpha value is -0.561. The predicted octanol–water partition coefficient (Wildman–Crippen LogP) is 2.88. The Morgan fingerprint density at radius 1 is 1.12 bits per heavy atom. The molecule has 0 aliphatic carbocycles. The van der Waals surface area contributed by atoms with Crippen molar-refractivity contribution in [3.05, 3.63) is 40.9 Å². The van der Waals surface area contributed by atoms with Crippen LogP contribution in [-0.4, -0.2) is 26.2 Å². The molecule has 17 heavy (non-hydrogen) atoms. The van der Waals surface area contributed by atoms with Gasteiger partial charge in [0, 0.05) is 0 Å². The van der Waals surface area contributed by atoms with Crippen LogP contribution in [0, 0.1) is 0 Å². The average molecular weight is 295 g/mol. The first-order valence-corrected chi connectivity index (χ1v) is 7.83. The molecule has 1 unspecified atom stereocenters. The number of hydrogen-bond acceptors (Lipinski definition) is 1. The fourth-order valence-electron chi connectivity index (χ4n) is 2.06. The minimum atomic E-state index is -0.111. The first kappa shape index (κ1) is 12.9. The number of rotatable bonds is 3. The van der Waals surface area contributed by atoms with Gasteiger partial charge in [-0.2, -0.15) is 0 Å². The van der Waals surface area contributed by atoms with Crippen LogP contribution in [0.15, 0.2) is 40.9 Å². The van der Waals surface area contributed by atoms with Crippen molar-refractivity contribution in [2.45, 2.75) is 45.3 Å². The van der Waals surface area contributed by atoms with E-state index in [0.29, 0.717) is 15.0 Å². The third-order valence-electron chi connectivity index (χ3n) is 3.19. The Balaban J connectivity index is 2.23. The van der Waals surface area contributed by atoms with Gasteiger partial charge in [-0.15, -0.1) is 0 Å². The van der Waals surface area contributed by atoms with Crippen LogP contribution in [0.3, 0.4) is 0 Å². The van der Waals surface area contributed by atoms with E-state index in [1.54, 1.807) is 0 Å². The SMILES string of the molecule is CCC1(C)C=C([Se]c2ccccc2)C(C)(C)O1. The monoisotopic (exact) mass is 296 g/mol. The van der Waals surface area contributed by atoms with Crippen molar-refractivity contribution < 1.29 is 4.74 Å². The second-order valence-corrected chi connectivity index (χ2v) is 7.54. The quantitative estimate of drug-likeness (QED) is 0.779. The molecule has 2 rings (SSSR count). The topological polar surface area (TPSA) is 9.23 Å². The van der Waals surface area contributed by atoms with E-state index < -0.39 is 0 Å². The fraction of sp³-hybridized carbons (Fsp3) is 0.467. The van der Waals surface area contributed by atoms with E-state index in [4.69, 9.17) is 4.74 Å². The molecule has 0 aromatic heterocycles. The van der Waals surface area contributed by atoms with Gasteiger partial charge in [0.05, 0.1) is 0 Å². The van der Waals surface area contributed by atoms with Gasteiger partial charge in [0.15, 0.2) is 0 Å². The first-order chi connectivity index (χ1) is 7.95. The van der Waals surface area contributed by atoms with Crippen LogP contribution in [0.4, 0.5) is 0 Å². The molecule has 0 spiro atoms. The van der Waals surface area contributed by atoms with Crippen molar-refractivity contribution in [3.8, 4) is 0 Å². The molecule has 1 aromatic rings. The zero-order valence-electron chi connectivity index (χ0n) is 11.0. The zero-order valence-corrected chi connectivity index (χ0v) is 12.7. The molecule has 1 aromatic carbocycles. The molecule has 0 radical (unpaired) electrons. The summed E-state index contributed by atoms with van der Waals surface area (Å²) in [6.45, 7) is 8.74. The van der Waals surface area contributed by atoms with Gasteiger partial charge in [0.25, 0.3) is 0 Å². The summed E-state index contributed by atoms with van der Waals surface area (Å²) < 4.78 is 9.07. The first-order valence-electron chi connectivity index (χ1n) is 6.12. The van der Waals surface area contributed by atoms with E-state index in [0.717, 1.165) is 6.42 Å². The van der Waals surface area contributed by atoms with Crippen LogP contribution in [0.5, 0.6) is 0 Å². The molecule has 1 atom stereocenters. The molecule has 0 saturated carbocycles. The van der Waals surface area contributed by atoms with Gasteiger partial charge in [-0.3, -0.25) is 0 Å². The summed E-state index contributed by atoms with van der Waals surface area (Å²) in [7, 11) is 0. The standard InChI is InChI=1S/C15H20OSe/c1-5-15(4)11-13(14(2,3)16-15)17-12-9-7-6-8-10-12/h6-11H,5H2,1-4H3. The molecule has 92 valence electrons. The Bertz CT molecular complexity index is 422. The second kappa shape index (κ2) is 4.61. The molecular weight excluding hydrogens is 275 g/mol. The average Bonchev–Trinajstić information content (AvgIpc) is 2.51. The third-order valence-corrected chi connectivity index (χ3v) is 6.00. The summed E-state index contributed by atoms with van der Waals surface area (Å²) in [5, 5.41) is 0. The van der Waals surface area contributed by atoms with Gasteiger partial charge in [-0.1, -0.05) is 0 Å². The predicted molar refractivity (Wildman–Crippen MR) is 73.8 cm³/mol. The summed E-state index contributed by atoms with van der Waals surface area (Å²) in [5.74, 6) is 0. The van der Waals surface area contributed by atoms with Crippen LogP contribution >= 0.6 is 0 Å². The minimum absolute atomic E-state index is 0.0740. The van der Waals surface area contributed by atoms with Crippen molar-refractivity contribution in [3.63, 3.8) is 0 Å². The van der Waals surface area contributed by atoms with Gasteiger partial charge >= 0.3 is 110 Å². The van der Waals surface area contributed by atoms with Crippen LogP contribution in [0.1, 0.15) is 34.1 Å². The molecule has 0 bridgehead atoms. The van der Waals surface area contributed by atoms with Crippen LogP contribution in [-0.2, 0) is 4.74 Å². The van der Waals surface area contributed by atoms with E-state index >= 15 is 0 Å². The van der Waals surface area contributed by atoms with Crippen LogP contribution in [0.2, 0.25) is 0 Å². The molecule has 1 heterocycles. The summed E-state index contributed by atoms with van der Waals surface area (Å²) in [6, 6.07) is 10.7. The van der Waals surface area contributed by atoms with E-state index in [9.17, 15) is 0 Å². The summed E-state index contributed by atoms with van der Waals surface area (Å²) in [6.07, 6.45) is 3.38. The van der Waals surface area contributed by atoms with Crippen LogP contribution in [0.25, 0.3) is 0 Å². The van der Waals surface area contributed by atoms with Crippen molar-refractivity contribution in [2.24, 2.45) is 0 Å². The maximum absolute atomic E-state index is 6.19. The summed E-state index contributed by atoms with van der Waals surface area (Å²) >= 11 is 0.373. The Morgan fingerprint density at radius 2 is 1.76 bits per heavy atom. The molecule has 0 fully saturated rings. The molecule has 1 aliphatic rings. The molecule has 1 aliphatic heterocycles. The Labute approximate surface area is 110 Å². The van der Waals surface area contributed by atoms with E-state index in [2.05, 4.69) is 64.1 Å². The van der Waals surface area contributed by atoms with Crippen LogP contribution < -0.4 is 4.46 Å². The maximum atomic E-state index is 6.19. The number of ether oxygens (including phenoxy) is 1. The van der Waals surface area contributed by atoms with E-state index in [1.807, 2.05) is 0 Å². The normalized spacial score (nSPS) is 26.9. The molecule has 0 N–H and O–H groups in total. The van der Waals surface area contributed by atoms with Crippen molar-refractivity contribution in [1.29, 1.82) is 0 Å². The van der Waals surface area contributed by atoms with Crippen molar-refractivity contribution in [2.75, 3.05) is 0 Å². The summed E-state index contributed by atoms with van der Waals surface area (Å²) in [5.41, 5.74) is -0.185. The third kappa shape index (κ3) is 2.82. The Morgan fingerprint density at radius 3 is 2.29 bits per heavy atom. The van der Waals surface area contributed by atoms with E-state index in [-0.39, 0.29) is 11.2 Å². The molecule has 1 nitrogen and oxygen atoms in total. The number of hydrogen-bond donors (Lipinski definition) is 0. The van der Waals surface area contributed by atoms with Gasteiger partial charge in [0.2, 0.25) is 0 Å². The van der Waals surface area contributed by atoms with Gasteiger partial charge in [0.1, 0.15) is 0 Å². The molecule has 0 saturated heterocycles. The van der Waals surface area contributed by atoms with Crippen molar-refractivity contribution in [1.82, 2.24) is 0 Å². The number of benzene rings is 1. The Kier molecular flexibility index (Phi) is 3.49. The van der Waals surface area contributed by atoms with Gasteiger partial charge < -0.3 is 0 Å². The van der Waals surface area contributed by atoms with Gasteiger partial charge in [-0.05, 0) is 0 Å². The molecule has 2 heteroatoms. The zero-order chi connectivity index (χ0) is 12.5.